The quantitative estimate of drug-likeness (QED) is 0.352. The first kappa shape index (κ1) is 19.0. The van der Waals surface area contributed by atoms with Gasteiger partial charge in [0.15, 0.2) is 11.6 Å². The molecule has 6 rings (SSSR count). The molecule has 1 saturated carbocycles. The first-order valence-electron chi connectivity index (χ1n) is 11.0. The Morgan fingerprint density at radius 2 is 2.00 bits per heavy atom. The lowest BCUT2D eigenvalue weighted by atomic mass is 10.1. The van der Waals surface area contributed by atoms with Gasteiger partial charge in [-0.3, -0.25) is 5.10 Å². The Bertz CT molecular complexity index is 1230. The van der Waals surface area contributed by atoms with E-state index in [4.69, 9.17) is 14.5 Å². The summed E-state index contributed by atoms with van der Waals surface area (Å²) >= 11 is 0. The van der Waals surface area contributed by atoms with Crippen LogP contribution in [0.25, 0.3) is 11.3 Å². The van der Waals surface area contributed by atoms with Gasteiger partial charge in [0.25, 0.3) is 0 Å². The molecular weight excluding hydrogens is 404 g/mol. The molecule has 32 heavy (non-hydrogen) atoms. The minimum atomic E-state index is 0.444. The Kier molecular flexibility index (Phi) is 4.80. The van der Waals surface area contributed by atoms with E-state index in [1.807, 2.05) is 36.4 Å². The van der Waals surface area contributed by atoms with Gasteiger partial charge in [-0.2, -0.15) is 10.1 Å². The molecule has 1 aromatic carbocycles. The van der Waals surface area contributed by atoms with Gasteiger partial charge in [0.2, 0.25) is 5.95 Å². The summed E-state index contributed by atoms with van der Waals surface area (Å²) in [5.74, 6) is 3.49. The fourth-order valence-electron chi connectivity index (χ4n) is 3.97. The standard InChI is InChI=1S/C23H24N8O/c1-2-4-14(5-3-1)19-10-16(32-31-19)12-25-23-26-20-13-24-9-8-17(20)22(28-23)27-21-11-18(29-30-21)15-6-7-15/h1-5,10-11,15,24H,6-9,12-13H2,(H3,25,26,27,28,29,30). The molecule has 0 unspecified atom stereocenters. The first-order chi connectivity index (χ1) is 15.8. The van der Waals surface area contributed by atoms with E-state index < -0.39 is 0 Å². The summed E-state index contributed by atoms with van der Waals surface area (Å²) in [6.07, 6.45) is 3.34. The van der Waals surface area contributed by atoms with Gasteiger partial charge in [-0.1, -0.05) is 35.5 Å². The molecule has 162 valence electrons. The van der Waals surface area contributed by atoms with E-state index in [2.05, 4.69) is 37.4 Å². The molecule has 2 aliphatic rings. The van der Waals surface area contributed by atoms with Crippen LogP contribution in [0.5, 0.6) is 0 Å². The average Bonchev–Trinajstić information content (AvgIpc) is 3.39. The predicted molar refractivity (Wildman–Crippen MR) is 121 cm³/mol. The molecule has 0 amide bonds. The Morgan fingerprint density at radius 3 is 2.88 bits per heavy atom. The molecule has 1 fully saturated rings. The average molecular weight is 429 g/mol. The highest BCUT2D eigenvalue weighted by Crippen LogP contribution is 2.39. The van der Waals surface area contributed by atoms with E-state index in [1.165, 1.54) is 18.5 Å². The highest BCUT2D eigenvalue weighted by molar-refractivity contribution is 5.60. The summed E-state index contributed by atoms with van der Waals surface area (Å²) in [6.45, 7) is 2.07. The summed E-state index contributed by atoms with van der Waals surface area (Å²) in [5, 5.41) is 21.8. The molecule has 9 nitrogen and oxygen atoms in total. The van der Waals surface area contributed by atoms with Gasteiger partial charge in [0, 0.05) is 41.4 Å². The fourth-order valence-corrected chi connectivity index (χ4v) is 3.97. The number of nitrogens with zero attached hydrogens (tertiary/aromatic N) is 4. The van der Waals surface area contributed by atoms with Crippen LogP contribution < -0.4 is 16.0 Å². The summed E-state index contributed by atoms with van der Waals surface area (Å²) in [4.78, 5) is 9.48. The van der Waals surface area contributed by atoms with Crippen LogP contribution in [0.15, 0.2) is 47.0 Å². The van der Waals surface area contributed by atoms with E-state index in [1.54, 1.807) is 0 Å². The second kappa shape index (κ2) is 8.08. The molecule has 1 aliphatic heterocycles. The molecule has 0 atom stereocenters. The normalized spacial score (nSPS) is 15.4. The number of anilines is 3. The molecule has 0 bridgehead atoms. The lowest BCUT2D eigenvalue weighted by Gasteiger charge is -2.20. The largest absolute Gasteiger partial charge is 0.359 e. The minimum Gasteiger partial charge on any atom is -0.359 e. The van der Waals surface area contributed by atoms with Crippen LogP contribution in [-0.4, -0.2) is 31.9 Å². The highest BCUT2D eigenvalue weighted by atomic mass is 16.5. The summed E-state index contributed by atoms with van der Waals surface area (Å²) in [5.41, 5.74) is 5.16. The van der Waals surface area contributed by atoms with Crippen molar-refractivity contribution in [2.75, 3.05) is 17.2 Å². The van der Waals surface area contributed by atoms with Crippen molar-refractivity contribution >= 4 is 17.6 Å². The van der Waals surface area contributed by atoms with E-state index in [9.17, 15) is 0 Å². The predicted octanol–water partition coefficient (Wildman–Crippen LogP) is 3.73. The Hall–Kier alpha value is -3.72. The van der Waals surface area contributed by atoms with Crippen LogP contribution in [0.4, 0.5) is 17.6 Å². The van der Waals surface area contributed by atoms with E-state index in [0.717, 1.165) is 59.4 Å². The molecule has 0 saturated heterocycles. The monoisotopic (exact) mass is 428 g/mol. The molecule has 4 heterocycles. The third kappa shape index (κ3) is 3.94. The number of rotatable bonds is 7. The molecule has 0 spiro atoms. The van der Waals surface area contributed by atoms with Crippen molar-refractivity contribution in [3.63, 3.8) is 0 Å². The van der Waals surface area contributed by atoms with E-state index in [-0.39, 0.29) is 0 Å². The van der Waals surface area contributed by atoms with Crippen LogP contribution >= 0.6 is 0 Å². The molecule has 4 aromatic rings. The molecule has 9 heteroatoms. The van der Waals surface area contributed by atoms with Crippen LogP contribution in [-0.2, 0) is 19.5 Å². The maximum absolute atomic E-state index is 5.50. The molecule has 1 aliphatic carbocycles. The van der Waals surface area contributed by atoms with Gasteiger partial charge in [-0.25, -0.2) is 4.98 Å². The van der Waals surface area contributed by atoms with Crippen molar-refractivity contribution in [2.24, 2.45) is 0 Å². The third-order valence-corrected chi connectivity index (χ3v) is 5.85. The van der Waals surface area contributed by atoms with Crippen molar-refractivity contribution in [3.05, 3.63) is 65.2 Å². The zero-order valence-electron chi connectivity index (χ0n) is 17.6. The van der Waals surface area contributed by atoms with Crippen molar-refractivity contribution in [3.8, 4) is 11.3 Å². The number of benzene rings is 1. The number of aromatic amines is 1. The lowest BCUT2D eigenvalue weighted by molar-refractivity contribution is 0.390. The number of aromatic nitrogens is 5. The van der Waals surface area contributed by atoms with Gasteiger partial charge >= 0.3 is 0 Å². The fraction of sp³-hybridized carbons (Fsp3) is 0.304. The lowest BCUT2D eigenvalue weighted by Crippen LogP contribution is -2.26. The highest BCUT2D eigenvalue weighted by Gasteiger charge is 2.26. The van der Waals surface area contributed by atoms with Gasteiger partial charge in [-0.05, 0) is 25.8 Å². The third-order valence-electron chi connectivity index (χ3n) is 5.85. The zero-order valence-corrected chi connectivity index (χ0v) is 17.6. The molecule has 0 radical (unpaired) electrons. The number of nitrogens with one attached hydrogen (secondary N) is 4. The summed E-state index contributed by atoms with van der Waals surface area (Å²) < 4.78 is 5.50. The summed E-state index contributed by atoms with van der Waals surface area (Å²) in [7, 11) is 0. The topological polar surface area (TPSA) is 117 Å². The van der Waals surface area contributed by atoms with Crippen molar-refractivity contribution < 1.29 is 4.52 Å². The van der Waals surface area contributed by atoms with Gasteiger partial charge in [0.1, 0.15) is 11.5 Å². The SMILES string of the molecule is c1ccc(-c2cc(CNc3nc4c(c(Nc5cc(C6CC6)[nH]n5)n3)CCNC4)on2)cc1. The van der Waals surface area contributed by atoms with Crippen molar-refractivity contribution in [1.29, 1.82) is 0 Å². The van der Waals surface area contributed by atoms with Crippen molar-refractivity contribution in [2.45, 2.75) is 38.3 Å². The molecule has 4 N–H and O–H groups in total. The number of hydrogen-bond acceptors (Lipinski definition) is 8. The Balaban J connectivity index is 1.21. The minimum absolute atomic E-state index is 0.444. The number of H-pyrrole nitrogens is 1. The summed E-state index contributed by atoms with van der Waals surface area (Å²) in [6, 6.07) is 14.0. The maximum atomic E-state index is 5.50. The van der Waals surface area contributed by atoms with Crippen LogP contribution in [0.3, 0.4) is 0 Å². The number of fused-ring (bicyclic) bond motifs is 1. The van der Waals surface area contributed by atoms with E-state index in [0.29, 0.717) is 18.4 Å². The zero-order chi connectivity index (χ0) is 21.3. The Labute approximate surface area is 185 Å². The Morgan fingerprint density at radius 1 is 1.09 bits per heavy atom. The second-order valence-electron chi connectivity index (χ2n) is 8.25. The van der Waals surface area contributed by atoms with Crippen LogP contribution in [0.2, 0.25) is 0 Å². The van der Waals surface area contributed by atoms with E-state index >= 15 is 0 Å². The van der Waals surface area contributed by atoms with Crippen LogP contribution in [0.1, 0.15) is 41.5 Å². The van der Waals surface area contributed by atoms with Crippen LogP contribution in [0, 0.1) is 0 Å². The first-order valence-corrected chi connectivity index (χ1v) is 11.0. The smallest absolute Gasteiger partial charge is 0.225 e. The van der Waals surface area contributed by atoms with Gasteiger partial charge in [-0.15, -0.1) is 0 Å². The van der Waals surface area contributed by atoms with Crippen molar-refractivity contribution in [1.82, 2.24) is 30.6 Å². The number of hydrogen-bond donors (Lipinski definition) is 4. The maximum Gasteiger partial charge on any atom is 0.225 e. The van der Waals surface area contributed by atoms with Gasteiger partial charge in [0.05, 0.1) is 12.2 Å². The molecule has 3 aromatic heterocycles. The van der Waals surface area contributed by atoms with Gasteiger partial charge < -0.3 is 20.5 Å². The second-order valence-corrected chi connectivity index (χ2v) is 8.25. The molecular formula is C23H24N8O.